The second kappa shape index (κ2) is 11.6. The van der Waals surface area contributed by atoms with Gasteiger partial charge < -0.3 is 10.2 Å². The normalized spacial score (nSPS) is 12.7. The molecule has 1 N–H and O–H groups in total. The summed E-state index contributed by atoms with van der Waals surface area (Å²) < 4.78 is 26.3. The molecule has 0 fully saturated rings. The third-order valence-electron chi connectivity index (χ3n) is 5.28. The van der Waals surface area contributed by atoms with Gasteiger partial charge in [0.15, 0.2) is 0 Å². The van der Waals surface area contributed by atoms with Crippen molar-refractivity contribution in [1.29, 1.82) is 0 Å². The van der Waals surface area contributed by atoms with E-state index < -0.39 is 34.1 Å². The lowest BCUT2D eigenvalue weighted by Crippen LogP contribution is -2.55. The molecule has 0 aliphatic carbocycles. The largest absolute Gasteiger partial charge is 0.350 e. The Hall–Kier alpha value is -2.29. The molecule has 7 nitrogen and oxygen atoms in total. The number of nitrogens with one attached hydrogen (secondary N) is 1. The maximum absolute atomic E-state index is 13.7. The molecule has 192 valence electrons. The van der Waals surface area contributed by atoms with Gasteiger partial charge in [0.05, 0.1) is 11.9 Å². The Labute approximate surface area is 218 Å². The van der Waals surface area contributed by atoms with Crippen molar-refractivity contribution in [2.75, 3.05) is 17.1 Å². The first-order valence-corrected chi connectivity index (χ1v) is 13.8. The van der Waals surface area contributed by atoms with Gasteiger partial charge in [-0.1, -0.05) is 53.9 Å². The van der Waals surface area contributed by atoms with Gasteiger partial charge in [0.1, 0.15) is 12.6 Å². The molecule has 0 unspecified atom stereocenters. The number of benzene rings is 2. The molecule has 2 rings (SSSR count). The Morgan fingerprint density at radius 3 is 2.03 bits per heavy atom. The molecule has 2 aromatic carbocycles. The second-order valence-electron chi connectivity index (χ2n) is 9.49. The summed E-state index contributed by atoms with van der Waals surface area (Å²) in [4.78, 5) is 28.2. The summed E-state index contributed by atoms with van der Waals surface area (Å²) >= 11 is 12.7. The number of rotatable bonds is 9. The van der Waals surface area contributed by atoms with Gasteiger partial charge in [-0.2, -0.15) is 0 Å². The van der Waals surface area contributed by atoms with E-state index >= 15 is 0 Å². The molecular formula is C25H33Cl2N3O4S. The maximum atomic E-state index is 13.7. The zero-order valence-electron chi connectivity index (χ0n) is 20.9. The topological polar surface area (TPSA) is 86.8 Å². The summed E-state index contributed by atoms with van der Waals surface area (Å²) in [5.41, 5.74) is 1.26. The fourth-order valence-corrected chi connectivity index (χ4v) is 4.92. The molecule has 1 atom stereocenters. The van der Waals surface area contributed by atoms with Crippen molar-refractivity contribution in [1.82, 2.24) is 10.2 Å². The van der Waals surface area contributed by atoms with E-state index in [0.29, 0.717) is 27.7 Å². The molecule has 0 saturated carbocycles. The molecule has 0 spiro atoms. The standard InChI is InChI=1S/C25H33Cl2N3O4S/c1-7-22(24(32)28-25(3,4)5)29(15-19-20(26)9-8-10-21(19)27)23(31)16-30(35(6,33)34)18-13-11-17(2)12-14-18/h8-14,22H,7,15-16H2,1-6H3,(H,28,32)/t22-/m0/s1. The van der Waals surface area contributed by atoms with E-state index in [2.05, 4.69) is 5.32 Å². The molecule has 0 aliphatic rings. The van der Waals surface area contributed by atoms with Gasteiger partial charge in [-0.3, -0.25) is 13.9 Å². The molecule has 0 aromatic heterocycles. The lowest BCUT2D eigenvalue weighted by Gasteiger charge is -2.34. The predicted molar refractivity (Wildman–Crippen MR) is 142 cm³/mol. The average Bonchev–Trinajstić information content (AvgIpc) is 2.72. The number of aryl methyl sites for hydroxylation is 1. The highest BCUT2D eigenvalue weighted by Crippen LogP contribution is 2.28. The van der Waals surface area contributed by atoms with Gasteiger partial charge in [-0.05, 0) is 58.4 Å². The molecule has 35 heavy (non-hydrogen) atoms. The molecule has 0 bridgehead atoms. The van der Waals surface area contributed by atoms with Gasteiger partial charge in [0.2, 0.25) is 21.8 Å². The van der Waals surface area contributed by atoms with Crippen LogP contribution in [0.25, 0.3) is 0 Å². The molecule has 0 radical (unpaired) electrons. The van der Waals surface area contributed by atoms with Crippen molar-refractivity contribution in [3.63, 3.8) is 0 Å². The zero-order valence-corrected chi connectivity index (χ0v) is 23.3. The van der Waals surface area contributed by atoms with Gasteiger partial charge >= 0.3 is 0 Å². The third kappa shape index (κ3) is 8.12. The van der Waals surface area contributed by atoms with E-state index in [9.17, 15) is 18.0 Å². The molecule has 0 saturated heterocycles. The molecule has 10 heteroatoms. The smallest absolute Gasteiger partial charge is 0.244 e. The first-order chi connectivity index (χ1) is 16.1. The van der Waals surface area contributed by atoms with E-state index in [0.717, 1.165) is 16.1 Å². The first kappa shape index (κ1) is 28.9. The summed E-state index contributed by atoms with van der Waals surface area (Å²) in [6.07, 6.45) is 1.35. The summed E-state index contributed by atoms with van der Waals surface area (Å²) in [5, 5.41) is 3.61. The molecular weight excluding hydrogens is 509 g/mol. The van der Waals surface area contributed by atoms with Crippen LogP contribution in [0.5, 0.6) is 0 Å². The number of nitrogens with zero attached hydrogens (tertiary/aromatic N) is 2. The van der Waals surface area contributed by atoms with Gasteiger partial charge in [-0.25, -0.2) is 8.42 Å². The van der Waals surface area contributed by atoms with Crippen LogP contribution >= 0.6 is 23.2 Å². The van der Waals surface area contributed by atoms with Crippen LogP contribution in [-0.4, -0.2) is 49.5 Å². The number of sulfonamides is 1. The minimum Gasteiger partial charge on any atom is -0.350 e. The molecule has 0 heterocycles. The number of carbonyl (C=O) groups excluding carboxylic acids is 2. The molecule has 2 amide bonds. The van der Waals surface area contributed by atoms with Crippen LogP contribution in [-0.2, 0) is 26.2 Å². The minimum atomic E-state index is -3.80. The van der Waals surface area contributed by atoms with Crippen LogP contribution in [0.15, 0.2) is 42.5 Å². The number of carbonyl (C=O) groups is 2. The van der Waals surface area contributed by atoms with Gasteiger partial charge in [0.25, 0.3) is 0 Å². The monoisotopic (exact) mass is 541 g/mol. The Kier molecular flexibility index (Phi) is 9.62. The summed E-state index contributed by atoms with van der Waals surface area (Å²) in [6.45, 7) is 8.67. The van der Waals surface area contributed by atoms with Crippen LogP contribution in [0.2, 0.25) is 10.0 Å². The van der Waals surface area contributed by atoms with Crippen molar-refractivity contribution in [2.45, 2.75) is 59.2 Å². The number of amides is 2. The Balaban J connectivity index is 2.51. The van der Waals surface area contributed by atoms with Gasteiger partial charge in [0, 0.05) is 27.7 Å². The lowest BCUT2D eigenvalue weighted by atomic mass is 10.1. The SMILES string of the molecule is CC[C@@H](C(=O)NC(C)(C)C)N(Cc1c(Cl)cccc1Cl)C(=O)CN(c1ccc(C)cc1)S(C)(=O)=O. The molecule has 2 aromatic rings. The fourth-order valence-electron chi connectivity index (χ4n) is 3.55. The molecule has 0 aliphatic heterocycles. The Morgan fingerprint density at radius 2 is 1.57 bits per heavy atom. The van der Waals surface area contributed by atoms with Gasteiger partial charge in [-0.15, -0.1) is 0 Å². The van der Waals surface area contributed by atoms with Crippen LogP contribution in [0.1, 0.15) is 45.2 Å². The third-order valence-corrected chi connectivity index (χ3v) is 7.12. The Bertz CT molecular complexity index is 1140. The summed E-state index contributed by atoms with van der Waals surface area (Å²) in [7, 11) is -3.80. The zero-order chi connectivity index (χ0) is 26.6. The van der Waals surface area contributed by atoms with E-state index in [-0.39, 0.29) is 12.5 Å². The van der Waals surface area contributed by atoms with E-state index in [1.165, 1.54) is 4.90 Å². The Morgan fingerprint density at radius 1 is 1.03 bits per heavy atom. The predicted octanol–water partition coefficient (Wildman–Crippen LogP) is 4.79. The van der Waals surface area contributed by atoms with E-state index in [4.69, 9.17) is 23.2 Å². The maximum Gasteiger partial charge on any atom is 0.244 e. The van der Waals surface area contributed by atoms with Crippen LogP contribution in [0.4, 0.5) is 5.69 Å². The second-order valence-corrected chi connectivity index (χ2v) is 12.2. The highest BCUT2D eigenvalue weighted by Gasteiger charge is 2.33. The number of hydrogen-bond acceptors (Lipinski definition) is 4. The van der Waals surface area contributed by atoms with Crippen molar-refractivity contribution < 1.29 is 18.0 Å². The van der Waals surface area contributed by atoms with E-state index in [1.807, 2.05) is 27.7 Å². The van der Waals surface area contributed by atoms with Crippen molar-refractivity contribution in [2.24, 2.45) is 0 Å². The quantitative estimate of drug-likeness (QED) is 0.494. The first-order valence-electron chi connectivity index (χ1n) is 11.2. The number of halogens is 2. The fraction of sp³-hybridized carbons (Fsp3) is 0.440. The van der Waals surface area contributed by atoms with E-state index in [1.54, 1.807) is 49.4 Å². The van der Waals surface area contributed by atoms with Crippen molar-refractivity contribution in [3.8, 4) is 0 Å². The number of anilines is 1. The van der Waals surface area contributed by atoms with Crippen LogP contribution in [0.3, 0.4) is 0 Å². The number of hydrogen-bond donors (Lipinski definition) is 1. The van der Waals surface area contributed by atoms with Crippen LogP contribution < -0.4 is 9.62 Å². The van der Waals surface area contributed by atoms with Crippen molar-refractivity contribution >= 4 is 50.7 Å². The van der Waals surface area contributed by atoms with Crippen LogP contribution in [0, 0.1) is 6.92 Å². The lowest BCUT2D eigenvalue weighted by molar-refractivity contribution is -0.141. The highest BCUT2D eigenvalue weighted by molar-refractivity contribution is 7.92. The summed E-state index contributed by atoms with van der Waals surface area (Å²) in [5.74, 6) is -0.902. The average molecular weight is 543 g/mol. The highest BCUT2D eigenvalue weighted by atomic mass is 35.5. The summed E-state index contributed by atoms with van der Waals surface area (Å²) in [6, 6.07) is 10.9. The minimum absolute atomic E-state index is 0.0566. The van der Waals surface area contributed by atoms with Crippen molar-refractivity contribution in [3.05, 3.63) is 63.6 Å².